The third kappa shape index (κ3) is 2.80. The maximum absolute atomic E-state index is 12.9. The van der Waals surface area contributed by atoms with Crippen LogP contribution in [0.5, 0.6) is 23.0 Å². The van der Waals surface area contributed by atoms with Crippen LogP contribution in [0.2, 0.25) is 0 Å². The lowest BCUT2D eigenvalue weighted by Crippen LogP contribution is -2.30. The molecule has 0 fully saturated rings. The molecule has 0 bridgehead atoms. The maximum Gasteiger partial charge on any atom is 0.419 e. The predicted octanol–water partition coefficient (Wildman–Crippen LogP) is 2.86. The minimum absolute atomic E-state index is 0.0149. The molecule has 0 spiro atoms. The molecule has 1 aliphatic rings. The van der Waals surface area contributed by atoms with E-state index < -0.39 is 29.7 Å². The number of rotatable bonds is 1. The molecule has 0 aliphatic carbocycles. The van der Waals surface area contributed by atoms with Crippen molar-refractivity contribution in [2.24, 2.45) is 0 Å². The average molecular weight is 342 g/mol. The van der Waals surface area contributed by atoms with Crippen molar-refractivity contribution in [1.82, 2.24) is 0 Å². The molecule has 0 amide bonds. The number of halogens is 3. The molecule has 2 atom stereocenters. The van der Waals surface area contributed by atoms with E-state index in [0.29, 0.717) is 6.07 Å². The van der Waals surface area contributed by atoms with Crippen molar-refractivity contribution in [3.63, 3.8) is 0 Å². The summed E-state index contributed by atoms with van der Waals surface area (Å²) < 4.78 is 44.2. The SMILES string of the molecule is Oc1cc(O)c2c(c1)O[C@H](c1ccc(O)c(C(F)(F)F)c1)[C@H](O)C2. The Balaban J connectivity index is 2.02. The van der Waals surface area contributed by atoms with Gasteiger partial charge >= 0.3 is 6.18 Å². The fourth-order valence-electron chi connectivity index (χ4n) is 2.71. The van der Waals surface area contributed by atoms with Crippen LogP contribution in [-0.2, 0) is 12.6 Å². The predicted molar refractivity (Wildman–Crippen MR) is 76.0 cm³/mol. The third-order valence-corrected chi connectivity index (χ3v) is 3.84. The normalized spacial score (nSPS) is 20.3. The topological polar surface area (TPSA) is 90.2 Å². The Morgan fingerprint density at radius 2 is 1.71 bits per heavy atom. The van der Waals surface area contributed by atoms with E-state index in [0.717, 1.165) is 12.1 Å². The van der Waals surface area contributed by atoms with Gasteiger partial charge < -0.3 is 25.2 Å². The zero-order chi connectivity index (χ0) is 17.6. The molecule has 3 rings (SSSR count). The quantitative estimate of drug-likeness (QED) is 0.640. The number of hydrogen-bond acceptors (Lipinski definition) is 5. The first-order valence-corrected chi connectivity index (χ1v) is 6.96. The van der Waals surface area contributed by atoms with E-state index in [1.165, 1.54) is 12.1 Å². The summed E-state index contributed by atoms with van der Waals surface area (Å²) in [5.74, 6) is -1.40. The van der Waals surface area contributed by atoms with Crippen LogP contribution in [0.25, 0.3) is 0 Å². The zero-order valence-corrected chi connectivity index (χ0v) is 12.1. The van der Waals surface area contributed by atoms with Crippen LogP contribution in [0, 0.1) is 0 Å². The highest BCUT2D eigenvalue weighted by Gasteiger charge is 2.37. The summed E-state index contributed by atoms with van der Waals surface area (Å²) in [4.78, 5) is 0. The number of ether oxygens (including phenoxy) is 1. The van der Waals surface area contributed by atoms with Crippen molar-refractivity contribution >= 4 is 0 Å². The highest BCUT2D eigenvalue weighted by atomic mass is 19.4. The summed E-state index contributed by atoms with van der Waals surface area (Å²) in [5, 5.41) is 38.8. The van der Waals surface area contributed by atoms with Gasteiger partial charge in [0.1, 0.15) is 29.1 Å². The van der Waals surface area contributed by atoms with Crippen molar-refractivity contribution in [2.75, 3.05) is 0 Å². The average Bonchev–Trinajstić information content (AvgIpc) is 2.47. The summed E-state index contributed by atoms with van der Waals surface area (Å²) in [5.41, 5.74) is -0.965. The van der Waals surface area contributed by atoms with Crippen LogP contribution in [0.1, 0.15) is 22.8 Å². The molecule has 0 aromatic heterocycles. The number of alkyl halides is 3. The van der Waals surface area contributed by atoms with Gasteiger partial charge in [-0.15, -0.1) is 0 Å². The highest BCUT2D eigenvalue weighted by molar-refractivity contribution is 5.51. The minimum Gasteiger partial charge on any atom is -0.508 e. The Hall–Kier alpha value is -2.61. The van der Waals surface area contributed by atoms with Gasteiger partial charge in [0, 0.05) is 24.1 Å². The molecule has 128 valence electrons. The number of aromatic hydroxyl groups is 3. The Labute approximate surface area is 134 Å². The molecular weight excluding hydrogens is 329 g/mol. The first-order valence-electron chi connectivity index (χ1n) is 6.96. The van der Waals surface area contributed by atoms with E-state index in [4.69, 9.17) is 4.74 Å². The van der Waals surface area contributed by atoms with Crippen molar-refractivity contribution < 1.29 is 38.3 Å². The number of fused-ring (bicyclic) bond motifs is 1. The number of benzene rings is 2. The zero-order valence-electron chi connectivity index (χ0n) is 12.1. The largest absolute Gasteiger partial charge is 0.508 e. The van der Waals surface area contributed by atoms with Crippen LogP contribution in [-0.4, -0.2) is 26.5 Å². The van der Waals surface area contributed by atoms with Crippen LogP contribution in [0.4, 0.5) is 13.2 Å². The first kappa shape index (κ1) is 16.3. The number of hydrogen-bond donors (Lipinski definition) is 4. The molecule has 0 saturated heterocycles. The van der Waals surface area contributed by atoms with Crippen molar-refractivity contribution in [2.45, 2.75) is 24.8 Å². The number of phenolic OH excluding ortho intramolecular Hbond substituents is 3. The van der Waals surface area contributed by atoms with Crippen molar-refractivity contribution in [3.05, 3.63) is 47.0 Å². The second-order valence-corrected chi connectivity index (χ2v) is 5.53. The molecule has 0 unspecified atom stereocenters. The maximum atomic E-state index is 12.9. The van der Waals surface area contributed by atoms with E-state index in [9.17, 15) is 33.6 Å². The van der Waals surface area contributed by atoms with Gasteiger partial charge in [0.25, 0.3) is 0 Å². The van der Waals surface area contributed by atoms with Gasteiger partial charge in [-0.25, -0.2) is 0 Å². The molecule has 0 saturated carbocycles. The van der Waals surface area contributed by atoms with Gasteiger partial charge in [-0.05, 0) is 17.7 Å². The molecule has 2 aromatic rings. The molecular formula is C16H13F3O5. The van der Waals surface area contributed by atoms with Gasteiger partial charge in [-0.3, -0.25) is 0 Å². The second-order valence-electron chi connectivity index (χ2n) is 5.53. The highest BCUT2D eigenvalue weighted by Crippen LogP contribution is 2.43. The van der Waals surface area contributed by atoms with Gasteiger partial charge in [0.05, 0.1) is 11.7 Å². The Morgan fingerprint density at radius 3 is 2.38 bits per heavy atom. The van der Waals surface area contributed by atoms with Gasteiger partial charge in [0.15, 0.2) is 0 Å². The van der Waals surface area contributed by atoms with Crippen LogP contribution in [0.15, 0.2) is 30.3 Å². The molecule has 5 nitrogen and oxygen atoms in total. The van der Waals surface area contributed by atoms with E-state index in [1.54, 1.807) is 0 Å². The van der Waals surface area contributed by atoms with E-state index >= 15 is 0 Å². The minimum atomic E-state index is -4.76. The molecule has 8 heteroatoms. The number of aliphatic hydroxyl groups excluding tert-OH is 1. The molecule has 2 aromatic carbocycles. The lowest BCUT2D eigenvalue weighted by molar-refractivity contribution is -0.138. The lowest BCUT2D eigenvalue weighted by atomic mass is 9.93. The summed E-state index contributed by atoms with van der Waals surface area (Å²) in [6.07, 6.45) is -7.17. The van der Waals surface area contributed by atoms with Crippen molar-refractivity contribution in [1.29, 1.82) is 0 Å². The molecule has 1 aliphatic heterocycles. The fourth-order valence-corrected chi connectivity index (χ4v) is 2.71. The fraction of sp³-hybridized carbons (Fsp3) is 0.250. The number of aliphatic hydroxyl groups is 1. The Morgan fingerprint density at radius 1 is 1.00 bits per heavy atom. The summed E-state index contributed by atoms with van der Waals surface area (Å²) in [7, 11) is 0. The molecule has 24 heavy (non-hydrogen) atoms. The Bertz CT molecular complexity index is 788. The van der Waals surface area contributed by atoms with E-state index in [1.807, 2.05) is 0 Å². The van der Waals surface area contributed by atoms with E-state index in [2.05, 4.69) is 0 Å². The smallest absolute Gasteiger partial charge is 0.419 e. The summed E-state index contributed by atoms with van der Waals surface area (Å²) in [6, 6.07) is 5.09. The third-order valence-electron chi connectivity index (χ3n) is 3.84. The van der Waals surface area contributed by atoms with Gasteiger partial charge in [-0.1, -0.05) is 6.07 Å². The van der Waals surface area contributed by atoms with Gasteiger partial charge in [-0.2, -0.15) is 13.2 Å². The van der Waals surface area contributed by atoms with Crippen molar-refractivity contribution in [3.8, 4) is 23.0 Å². The molecule has 1 heterocycles. The lowest BCUT2D eigenvalue weighted by Gasteiger charge is -2.31. The van der Waals surface area contributed by atoms with Gasteiger partial charge in [0.2, 0.25) is 0 Å². The first-order chi connectivity index (χ1) is 11.2. The van der Waals surface area contributed by atoms with Crippen LogP contribution >= 0.6 is 0 Å². The standard InChI is InChI=1S/C16H13F3O5/c17-16(18,19)10-3-7(1-2-11(10)21)15-13(23)6-9-12(22)4-8(20)5-14(9)24-15/h1-5,13,15,20-23H,6H2/t13-,15-/m1/s1. The second kappa shape index (κ2) is 5.48. The summed E-state index contributed by atoms with van der Waals surface area (Å²) in [6.45, 7) is 0. The summed E-state index contributed by atoms with van der Waals surface area (Å²) >= 11 is 0. The molecule has 4 N–H and O–H groups in total. The van der Waals surface area contributed by atoms with Crippen LogP contribution < -0.4 is 4.74 Å². The monoisotopic (exact) mass is 342 g/mol. The number of phenols is 3. The molecule has 0 radical (unpaired) electrons. The van der Waals surface area contributed by atoms with E-state index in [-0.39, 0.29) is 34.8 Å². The van der Waals surface area contributed by atoms with Crippen LogP contribution in [0.3, 0.4) is 0 Å². The Kier molecular flexibility index (Phi) is 3.71.